The van der Waals surface area contributed by atoms with E-state index in [1.54, 1.807) is 37.8 Å². The summed E-state index contributed by atoms with van der Waals surface area (Å²) in [6, 6.07) is 14.1. The standard InChI is InChI=1S/C33H41N5O6/c1-20(2)28(36-31(41)44-6)30(40)37-17-7-8-26(37)29-34-18-25(35-29)23-13-9-21(10-14-23)22-11-15-24(16-12-22)27(39)19-38(32(42)43)33(3,4)5/h9-16,18,20,26,28H,7-8,17,19H2,1-6H3,(H,34,35)(H,36,41)(H,42,43)/t26?,28-/m0/s1. The second-order valence-electron chi connectivity index (χ2n) is 12.3. The topological polar surface area (TPSA) is 145 Å². The first-order valence-electron chi connectivity index (χ1n) is 14.7. The third kappa shape index (κ3) is 7.27. The number of methoxy groups -OCH3 is 1. The SMILES string of the molecule is COC(=O)N[C@H](C(=O)N1CCCC1c1nc(-c2ccc(-c3ccc(C(=O)CN(C(=O)O)C(C)(C)C)cc3)cc2)c[nH]1)C(C)C. The zero-order chi connectivity index (χ0) is 32.2. The van der Waals surface area contributed by atoms with E-state index in [2.05, 4.69) is 10.3 Å². The number of benzene rings is 2. The maximum atomic E-state index is 13.4. The van der Waals surface area contributed by atoms with Crippen LogP contribution in [0.1, 0.15) is 69.7 Å². The van der Waals surface area contributed by atoms with E-state index in [4.69, 9.17) is 9.72 Å². The Balaban J connectivity index is 1.45. The van der Waals surface area contributed by atoms with Crippen LogP contribution in [0.3, 0.4) is 0 Å². The monoisotopic (exact) mass is 603 g/mol. The summed E-state index contributed by atoms with van der Waals surface area (Å²) in [6.45, 7) is 9.40. The number of Topliss-reactive ketones (excluding diaryl/α,β-unsaturated/α-hetero) is 1. The zero-order valence-corrected chi connectivity index (χ0v) is 26.1. The summed E-state index contributed by atoms with van der Waals surface area (Å²) < 4.78 is 4.72. The van der Waals surface area contributed by atoms with Crippen molar-refractivity contribution in [2.75, 3.05) is 20.2 Å². The predicted octanol–water partition coefficient (Wildman–Crippen LogP) is 5.75. The smallest absolute Gasteiger partial charge is 0.408 e. The molecule has 1 fully saturated rings. The summed E-state index contributed by atoms with van der Waals surface area (Å²) in [4.78, 5) is 60.6. The number of likely N-dealkylation sites (tertiary alicyclic amines) is 1. The number of nitrogens with one attached hydrogen (secondary N) is 2. The fraction of sp³-hybridized carbons (Fsp3) is 0.424. The molecule has 0 aliphatic carbocycles. The molecule has 3 N–H and O–H groups in total. The van der Waals surface area contributed by atoms with Gasteiger partial charge in [0, 0.05) is 29.4 Å². The van der Waals surface area contributed by atoms with Gasteiger partial charge in [0.1, 0.15) is 11.9 Å². The van der Waals surface area contributed by atoms with Crippen molar-refractivity contribution in [3.63, 3.8) is 0 Å². The number of amides is 3. The molecule has 1 aromatic heterocycles. The first kappa shape index (κ1) is 32.2. The van der Waals surface area contributed by atoms with Crippen molar-refractivity contribution in [1.82, 2.24) is 25.1 Å². The van der Waals surface area contributed by atoms with Crippen LogP contribution in [0.5, 0.6) is 0 Å². The van der Waals surface area contributed by atoms with Crippen LogP contribution in [0, 0.1) is 5.92 Å². The highest BCUT2D eigenvalue weighted by Crippen LogP contribution is 2.33. The Bertz CT molecular complexity index is 1490. The molecule has 11 heteroatoms. The van der Waals surface area contributed by atoms with Crippen LogP contribution in [0.15, 0.2) is 54.7 Å². The quantitative estimate of drug-likeness (QED) is 0.264. The molecule has 2 atom stereocenters. The second-order valence-corrected chi connectivity index (χ2v) is 12.3. The number of ketones is 1. The van der Waals surface area contributed by atoms with Gasteiger partial charge in [-0.15, -0.1) is 0 Å². The van der Waals surface area contributed by atoms with E-state index in [1.807, 2.05) is 56.4 Å². The molecule has 1 aliphatic rings. The van der Waals surface area contributed by atoms with Crippen molar-refractivity contribution in [1.29, 1.82) is 0 Å². The molecule has 4 rings (SSSR count). The number of aromatic amines is 1. The number of carbonyl (C=O) groups is 4. The van der Waals surface area contributed by atoms with Gasteiger partial charge in [0.2, 0.25) is 5.91 Å². The number of hydrogen-bond donors (Lipinski definition) is 3. The number of rotatable bonds is 9. The molecular formula is C33H41N5O6. The summed E-state index contributed by atoms with van der Waals surface area (Å²) in [5, 5.41) is 12.2. The fourth-order valence-electron chi connectivity index (χ4n) is 5.36. The van der Waals surface area contributed by atoms with Gasteiger partial charge in [0.25, 0.3) is 0 Å². The van der Waals surface area contributed by atoms with Crippen LogP contribution in [0.4, 0.5) is 9.59 Å². The molecule has 3 aromatic rings. The van der Waals surface area contributed by atoms with Gasteiger partial charge < -0.3 is 25.0 Å². The summed E-state index contributed by atoms with van der Waals surface area (Å²) in [5.74, 6) is 0.168. The molecule has 0 saturated carbocycles. The average Bonchev–Trinajstić information content (AvgIpc) is 3.67. The first-order valence-corrected chi connectivity index (χ1v) is 14.7. The molecule has 1 saturated heterocycles. The highest BCUT2D eigenvalue weighted by molar-refractivity contribution is 5.99. The van der Waals surface area contributed by atoms with Crippen molar-refractivity contribution in [3.8, 4) is 22.4 Å². The minimum absolute atomic E-state index is 0.110. The molecule has 0 radical (unpaired) electrons. The number of nitrogens with zero attached hydrogens (tertiary/aromatic N) is 3. The lowest BCUT2D eigenvalue weighted by Crippen LogP contribution is -2.51. The van der Waals surface area contributed by atoms with E-state index in [-0.39, 0.29) is 30.2 Å². The van der Waals surface area contributed by atoms with Crippen molar-refractivity contribution in [2.24, 2.45) is 5.92 Å². The molecule has 3 amide bonds. The van der Waals surface area contributed by atoms with E-state index >= 15 is 0 Å². The fourth-order valence-corrected chi connectivity index (χ4v) is 5.36. The second kappa shape index (κ2) is 13.3. The number of carbonyl (C=O) groups excluding carboxylic acids is 3. The Morgan fingerprint density at radius 1 is 1.05 bits per heavy atom. The molecule has 0 spiro atoms. The van der Waals surface area contributed by atoms with Gasteiger partial charge in [0.05, 0.1) is 25.4 Å². The molecule has 1 unspecified atom stereocenters. The largest absolute Gasteiger partial charge is 0.465 e. The molecule has 2 aromatic carbocycles. The lowest BCUT2D eigenvalue weighted by atomic mass is 10.00. The van der Waals surface area contributed by atoms with Gasteiger partial charge >= 0.3 is 12.2 Å². The minimum atomic E-state index is -1.13. The van der Waals surface area contributed by atoms with Gasteiger partial charge in [-0.2, -0.15) is 0 Å². The Labute approximate surface area is 257 Å². The van der Waals surface area contributed by atoms with Crippen LogP contribution in [-0.2, 0) is 9.53 Å². The normalized spacial score (nSPS) is 15.6. The number of carboxylic acid groups (broad SMARTS) is 1. The number of alkyl carbamates (subject to hydrolysis) is 1. The maximum Gasteiger partial charge on any atom is 0.408 e. The van der Waals surface area contributed by atoms with Crippen molar-refractivity contribution < 1.29 is 29.0 Å². The molecular weight excluding hydrogens is 562 g/mol. The van der Waals surface area contributed by atoms with Crippen LogP contribution in [0.25, 0.3) is 22.4 Å². The highest BCUT2D eigenvalue weighted by atomic mass is 16.5. The van der Waals surface area contributed by atoms with E-state index in [9.17, 15) is 24.3 Å². The van der Waals surface area contributed by atoms with Crippen molar-refractivity contribution in [3.05, 3.63) is 66.1 Å². The summed E-state index contributed by atoms with van der Waals surface area (Å²) in [7, 11) is 1.28. The number of hydrogen-bond acceptors (Lipinski definition) is 6. The molecule has 1 aliphatic heterocycles. The summed E-state index contributed by atoms with van der Waals surface area (Å²) >= 11 is 0. The van der Waals surface area contributed by atoms with Crippen LogP contribution in [-0.4, -0.2) is 80.5 Å². The molecule has 0 bridgehead atoms. The Kier molecular flexibility index (Phi) is 9.76. The Morgan fingerprint density at radius 3 is 2.18 bits per heavy atom. The Morgan fingerprint density at radius 2 is 1.64 bits per heavy atom. The van der Waals surface area contributed by atoms with Crippen molar-refractivity contribution >= 4 is 23.9 Å². The molecule has 234 valence electrons. The maximum absolute atomic E-state index is 13.4. The number of ether oxygens (including phenoxy) is 1. The molecule has 2 heterocycles. The van der Waals surface area contributed by atoms with E-state index < -0.39 is 23.8 Å². The van der Waals surface area contributed by atoms with E-state index in [1.165, 1.54) is 7.11 Å². The Hall–Kier alpha value is -4.67. The van der Waals surface area contributed by atoms with Gasteiger partial charge in [-0.1, -0.05) is 62.4 Å². The van der Waals surface area contributed by atoms with E-state index in [0.29, 0.717) is 17.9 Å². The summed E-state index contributed by atoms with van der Waals surface area (Å²) in [5.41, 5.74) is 3.29. The lowest BCUT2D eigenvalue weighted by molar-refractivity contribution is -0.135. The van der Waals surface area contributed by atoms with Crippen LogP contribution < -0.4 is 5.32 Å². The van der Waals surface area contributed by atoms with Crippen LogP contribution in [0.2, 0.25) is 0 Å². The average molecular weight is 604 g/mol. The minimum Gasteiger partial charge on any atom is -0.465 e. The van der Waals surface area contributed by atoms with Gasteiger partial charge in [0.15, 0.2) is 5.78 Å². The lowest BCUT2D eigenvalue weighted by Gasteiger charge is -2.32. The molecule has 11 nitrogen and oxygen atoms in total. The number of H-pyrrole nitrogens is 1. The summed E-state index contributed by atoms with van der Waals surface area (Å²) in [6.07, 6.45) is 1.67. The number of imidazole rings is 1. The van der Waals surface area contributed by atoms with Crippen molar-refractivity contribution in [2.45, 2.75) is 65.1 Å². The zero-order valence-electron chi connectivity index (χ0n) is 26.1. The third-order valence-corrected chi connectivity index (χ3v) is 7.90. The van der Waals surface area contributed by atoms with Gasteiger partial charge in [-0.05, 0) is 50.7 Å². The molecule has 44 heavy (non-hydrogen) atoms. The number of aromatic nitrogens is 2. The van der Waals surface area contributed by atoms with Crippen LogP contribution >= 0.6 is 0 Å². The van der Waals surface area contributed by atoms with Gasteiger partial charge in [-0.3, -0.25) is 14.5 Å². The predicted molar refractivity (Wildman–Crippen MR) is 166 cm³/mol. The first-order chi connectivity index (χ1) is 20.8. The van der Waals surface area contributed by atoms with E-state index in [0.717, 1.165) is 40.1 Å². The highest BCUT2D eigenvalue weighted by Gasteiger charge is 2.37. The third-order valence-electron chi connectivity index (χ3n) is 7.90. The van der Waals surface area contributed by atoms with Gasteiger partial charge in [-0.25, -0.2) is 14.6 Å².